The van der Waals surface area contributed by atoms with Crippen molar-refractivity contribution >= 4 is 5.78 Å². The van der Waals surface area contributed by atoms with Gasteiger partial charge in [0.1, 0.15) is 5.78 Å². The molecule has 1 aromatic carbocycles. The van der Waals surface area contributed by atoms with Crippen molar-refractivity contribution in [2.24, 2.45) is 0 Å². The van der Waals surface area contributed by atoms with E-state index in [9.17, 15) is 4.79 Å². The predicted molar refractivity (Wildman–Crippen MR) is 38.9 cm³/mol. The van der Waals surface area contributed by atoms with E-state index in [0.717, 1.165) is 11.1 Å². The summed E-state index contributed by atoms with van der Waals surface area (Å²) in [5.41, 5.74) is 1.91. The van der Waals surface area contributed by atoms with Crippen LogP contribution < -0.4 is 0 Å². The summed E-state index contributed by atoms with van der Waals surface area (Å²) in [6.45, 7) is 0. The maximum atomic E-state index is 11.0. The summed E-state index contributed by atoms with van der Waals surface area (Å²) in [6, 6.07) is 7.56. The fourth-order valence-corrected chi connectivity index (χ4v) is 1.25. The van der Waals surface area contributed by atoms with E-state index in [1.807, 2.05) is 24.3 Å². The Morgan fingerprint density at radius 1 is 1.30 bits per heavy atom. The van der Waals surface area contributed by atoms with Gasteiger partial charge in [0.25, 0.3) is 0 Å². The SMILES string of the molecule is [2H]C1C(=O)Cc2ccccc21. The molecule has 1 atom stereocenters. The van der Waals surface area contributed by atoms with Crippen LogP contribution in [0.2, 0.25) is 0 Å². The van der Waals surface area contributed by atoms with Crippen LogP contribution in [-0.4, -0.2) is 5.78 Å². The second kappa shape index (κ2) is 1.94. The Labute approximate surface area is 61.1 Å². The fourth-order valence-electron chi connectivity index (χ4n) is 1.25. The Bertz CT molecular complexity index is 306. The van der Waals surface area contributed by atoms with Gasteiger partial charge in [-0.05, 0) is 11.1 Å². The molecule has 1 aromatic rings. The van der Waals surface area contributed by atoms with Crippen LogP contribution in [0.3, 0.4) is 0 Å². The second-order valence-corrected chi connectivity index (χ2v) is 2.49. The average molecular weight is 133 g/mol. The Balaban J connectivity index is 2.55. The second-order valence-electron chi connectivity index (χ2n) is 2.49. The van der Waals surface area contributed by atoms with Crippen LogP contribution in [0.15, 0.2) is 24.3 Å². The Hall–Kier alpha value is -1.11. The van der Waals surface area contributed by atoms with E-state index in [1.54, 1.807) is 0 Å². The zero-order chi connectivity index (χ0) is 7.84. The van der Waals surface area contributed by atoms with Crippen molar-refractivity contribution in [1.29, 1.82) is 0 Å². The molecule has 1 unspecified atom stereocenters. The van der Waals surface area contributed by atoms with E-state index < -0.39 is 6.40 Å². The number of hydrogen-bond acceptors (Lipinski definition) is 1. The normalized spacial score (nSPS) is 24.2. The summed E-state index contributed by atoms with van der Waals surface area (Å²) >= 11 is 0. The van der Waals surface area contributed by atoms with Gasteiger partial charge in [-0.2, -0.15) is 0 Å². The van der Waals surface area contributed by atoms with Crippen LogP contribution in [0.5, 0.6) is 0 Å². The lowest BCUT2D eigenvalue weighted by Gasteiger charge is -1.91. The van der Waals surface area contributed by atoms with E-state index >= 15 is 0 Å². The molecule has 0 heterocycles. The van der Waals surface area contributed by atoms with Crippen LogP contribution in [0.4, 0.5) is 0 Å². The zero-order valence-electron chi connectivity index (χ0n) is 6.50. The van der Waals surface area contributed by atoms with Crippen LogP contribution in [-0.2, 0) is 17.6 Å². The molecular weight excluding hydrogens is 124 g/mol. The van der Waals surface area contributed by atoms with Crippen LogP contribution in [0, 0.1) is 0 Å². The number of hydrogen-bond donors (Lipinski definition) is 0. The lowest BCUT2D eigenvalue weighted by atomic mass is 10.1. The van der Waals surface area contributed by atoms with Gasteiger partial charge in [0, 0.05) is 14.2 Å². The van der Waals surface area contributed by atoms with Crippen LogP contribution in [0.25, 0.3) is 0 Å². The van der Waals surface area contributed by atoms with E-state index in [1.165, 1.54) is 0 Å². The number of carbonyl (C=O) groups is 1. The number of ketones is 1. The van der Waals surface area contributed by atoms with Crippen molar-refractivity contribution in [2.75, 3.05) is 0 Å². The third kappa shape index (κ3) is 0.747. The highest BCUT2D eigenvalue weighted by Crippen LogP contribution is 2.17. The first-order chi connectivity index (χ1) is 5.29. The molecule has 2 rings (SSSR count). The van der Waals surface area contributed by atoms with Gasteiger partial charge in [-0.25, -0.2) is 0 Å². The molecule has 0 aromatic heterocycles. The molecule has 0 bridgehead atoms. The van der Waals surface area contributed by atoms with Crippen molar-refractivity contribution in [3.8, 4) is 0 Å². The van der Waals surface area contributed by atoms with Gasteiger partial charge in [-0.15, -0.1) is 0 Å². The van der Waals surface area contributed by atoms with Gasteiger partial charge in [0.05, 0.1) is 0 Å². The molecule has 0 amide bonds. The number of benzene rings is 1. The van der Waals surface area contributed by atoms with Crippen LogP contribution >= 0.6 is 0 Å². The van der Waals surface area contributed by atoms with Crippen molar-refractivity contribution in [2.45, 2.75) is 12.8 Å². The molecule has 0 radical (unpaired) electrons. The van der Waals surface area contributed by atoms with Crippen molar-refractivity contribution < 1.29 is 6.17 Å². The van der Waals surface area contributed by atoms with Gasteiger partial charge in [-0.3, -0.25) is 4.79 Å². The van der Waals surface area contributed by atoms with Crippen molar-refractivity contribution in [3.05, 3.63) is 35.4 Å². The maximum absolute atomic E-state index is 11.0. The Kier molecular flexibility index (Phi) is 0.906. The molecule has 10 heavy (non-hydrogen) atoms. The number of carbonyl (C=O) groups excluding carboxylic acids is 1. The molecule has 0 saturated heterocycles. The van der Waals surface area contributed by atoms with Crippen LogP contribution in [0.1, 0.15) is 12.5 Å². The van der Waals surface area contributed by atoms with Gasteiger partial charge in [0.2, 0.25) is 0 Å². The molecule has 0 spiro atoms. The third-order valence-corrected chi connectivity index (χ3v) is 1.74. The largest absolute Gasteiger partial charge is 0.299 e. The quantitative estimate of drug-likeness (QED) is 0.522. The van der Waals surface area contributed by atoms with E-state index in [0.29, 0.717) is 6.42 Å². The molecular formula is C9H8O. The maximum Gasteiger partial charge on any atom is 0.141 e. The minimum absolute atomic E-state index is 0.0196. The van der Waals surface area contributed by atoms with Crippen molar-refractivity contribution in [1.82, 2.24) is 0 Å². The average Bonchev–Trinajstić information content (AvgIpc) is 2.30. The van der Waals surface area contributed by atoms with E-state index in [-0.39, 0.29) is 5.78 Å². The first kappa shape index (κ1) is 4.67. The highest BCUT2D eigenvalue weighted by Gasteiger charge is 2.16. The monoisotopic (exact) mass is 133 g/mol. The number of Topliss-reactive ketones (excluding diaryl/α,β-unsaturated/α-hetero) is 1. The highest BCUT2D eigenvalue weighted by molar-refractivity contribution is 5.87. The number of rotatable bonds is 0. The molecule has 0 N–H and O–H groups in total. The first-order valence-corrected chi connectivity index (χ1v) is 3.32. The zero-order valence-corrected chi connectivity index (χ0v) is 5.50. The molecule has 50 valence electrons. The summed E-state index contributed by atoms with van der Waals surface area (Å²) in [5, 5.41) is 0. The molecule has 1 heteroatoms. The molecule has 1 aliphatic rings. The number of fused-ring (bicyclic) bond motifs is 1. The fraction of sp³-hybridized carbons (Fsp3) is 0.222. The molecule has 1 nitrogen and oxygen atoms in total. The topological polar surface area (TPSA) is 17.1 Å². The first-order valence-electron chi connectivity index (χ1n) is 3.89. The molecule has 0 saturated carbocycles. The lowest BCUT2D eigenvalue weighted by molar-refractivity contribution is -0.117. The van der Waals surface area contributed by atoms with Gasteiger partial charge >= 0.3 is 0 Å². The summed E-state index contributed by atoms with van der Waals surface area (Å²) in [7, 11) is 0. The minimum atomic E-state index is -0.619. The smallest absolute Gasteiger partial charge is 0.141 e. The summed E-state index contributed by atoms with van der Waals surface area (Å²) in [4.78, 5) is 11.0. The summed E-state index contributed by atoms with van der Waals surface area (Å²) in [6.07, 6.45) is -0.171. The van der Waals surface area contributed by atoms with Gasteiger partial charge < -0.3 is 0 Å². The summed E-state index contributed by atoms with van der Waals surface area (Å²) in [5.74, 6) is 0.0196. The van der Waals surface area contributed by atoms with E-state index in [4.69, 9.17) is 1.37 Å². The summed E-state index contributed by atoms with van der Waals surface area (Å²) < 4.78 is 7.47. The highest BCUT2D eigenvalue weighted by atomic mass is 16.1. The van der Waals surface area contributed by atoms with Gasteiger partial charge in [0.15, 0.2) is 0 Å². The molecule has 0 fully saturated rings. The minimum Gasteiger partial charge on any atom is -0.299 e. The molecule has 1 aliphatic carbocycles. The Morgan fingerprint density at radius 3 is 2.70 bits per heavy atom. The lowest BCUT2D eigenvalue weighted by Crippen LogP contribution is -1.92. The predicted octanol–water partition coefficient (Wildman–Crippen LogP) is 1.35. The van der Waals surface area contributed by atoms with E-state index in [2.05, 4.69) is 0 Å². The standard InChI is InChI=1S/C9H8O/c10-9-5-7-3-1-2-4-8(7)6-9/h1-4H,5-6H2/i5D. The van der Waals surface area contributed by atoms with Crippen molar-refractivity contribution in [3.63, 3.8) is 0 Å². The third-order valence-electron chi connectivity index (χ3n) is 1.74. The Morgan fingerprint density at radius 2 is 2.00 bits per heavy atom. The molecule has 0 aliphatic heterocycles. The van der Waals surface area contributed by atoms with Gasteiger partial charge in [-0.1, -0.05) is 24.3 Å².